The maximum absolute atomic E-state index is 15.7. The molecule has 12 nitrogen and oxygen atoms in total. The number of aromatic nitrogens is 3. The van der Waals surface area contributed by atoms with E-state index in [0.29, 0.717) is 24.5 Å². The van der Waals surface area contributed by atoms with Crippen molar-refractivity contribution >= 4 is 30.0 Å². The number of nitrogens with zero attached hydrogens (tertiary/aromatic N) is 5. The summed E-state index contributed by atoms with van der Waals surface area (Å²) in [5.41, 5.74) is -0.570. The largest absolute Gasteiger partial charge is 0.512 e. The molecule has 3 atom stereocenters. The van der Waals surface area contributed by atoms with Crippen LogP contribution >= 0.6 is 11.8 Å². The molecular weight excluding hydrogens is 728 g/mol. The molecule has 5 rings (SSSR count). The van der Waals surface area contributed by atoms with Gasteiger partial charge >= 0.3 is 12.1 Å². The number of allylic oxidation sites excluding steroid dienone is 2. The average Bonchev–Trinajstić information content (AvgIpc) is 3.64. The molecule has 3 aromatic rings. The predicted octanol–water partition coefficient (Wildman–Crippen LogP) is 6.29. The van der Waals surface area contributed by atoms with Gasteiger partial charge in [-0.2, -0.15) is 10.4 Å². The SMILES string of the molecule is CC(OC(=O)C=C1CCN(C)CC1)OC(=O)OC(Cn1cncn1)(c1ccc(F)cc1F)C(C)SC1COC(C=CC=Cc2ccc(C#N)cc2F)OC1. The Morgan fingerprint density at radius 3 is 2.50 bits per heavy atom. The second-order valence-electron chi connectivity index (χ2n) is 12.7. The lowest BCUT2D eigenvalue weighted by Gasteiger charge is -2.40. The zero-order valence-corrected chi connectivity index (χ0v) is 30.7. The molecule has 3 unspecified atom stereocenters. The van der Waals surface area contributed by atoms with Crippen LogP contribution in [0.2, 0.25) is 0 Å². The number of carbonyl (C=O) groups excluding carboxylic acids is 2. The number of halogens is 3. The Labute approximate surface area is 315 Å². The highest BCUT2D eigenvalue weighted by molar-refractivity contribution is 8.00. The summed E-state index contributed by atoms with van der Waals surface area (Å²) in [4.78, 5) is 32.2. The van der Waals surface area contributed by atoms with Gasteiger partial charge in [0, 0.05) is 48.5 Å². The molecule has 0 aliphatic carbocycles. The van der Waals surface area contributed by atoms with Gasteiger partial charge in [-0.25, -0.2) is 32.4 Å². The van der Waals surface area contributed by atoms with Crippen molar-refractivity contribution in [1.82, 2.24) is 19.7 Å². The topological polar surface area (TPSA) is 138 Å². The quantitative estimate of drug-likeness (QED) is 0.0837. The number of likely N-dealkylation sites (tertiary alicyclic amines) is 1. The van der Waals surface area contributed by atoms with Crippen molar-refractivity contribution in [2.75, 3.05) is 33.4 Å². The molecule has 2 aromatic carbocycles. The van der Waals surface area contributed by atoms with Crippen LogP contribution in [0.5, 0.6) is 0 Å². The van der Waals surface area contributed by atoms with Crippen LogP contribution in [0.3, 0.4) is 0 Å². The molecule has 2 fully saturated rings. The molecule has 54 heavy (non-hydrogen) atoms. The van der Waals surface area contributed by atoms with Crippen molar-refractivity contribution in [2.45, 2.75) is 61.9 Å². The van der Waals surface area contributed by atoms with Gasteiger partial charge in [-0.05, 0) is 57.2 Å². The van der Waals surface area contributed by atoms with Crippen LogP contribution < -0.4 is 0 Å². The molecule has 2 aliphatic rings. The highest BCUT2D eigenvalue weighted by Gasteiger charge is 2.47. The Morgan fingerprint density at radius 2 is 1.83 bits per heavy atom. The number of nitriles is 1. The lowest BCUT2D eigenvalue weighted by molar-refractivity contribution is -0.166. The number of benzene rings is 2. The summed E-state index contributed by atoms with van der Waals surface area (Å²) in [6.45, 7) is 4.79. The number of hydrogen-bond acceptors (Lipinski definition) is 12. The number of thioether (sulfide) groups is 1. The van der Waals surface area contributed by atoms with E-state index in [2.05, 4.69) is 15.0 Å². The van der Waals surface area contributed by atoms with Crippen LogP contribution in [0, 0.1) is 28.8 Å². The fourth-order valence-electron chi connectivity index (χ4n) is 5.87. The lowest BCUT2D eigenvalue weighted by Crippen LogP contribution is -2.47. The third kappa shape index (κ3) is 11.0. The zero-order chi connectivity index (χ0) is 38.7. The second kappa shape index (κ2) is 18.9. The molecule has 0 N–H and O–H groups in total. The Morgan fingerprint density at radius 1 is 1.07 bits per heavy atom. The molecule has 0 radical (unpaired) electrons. The van der Waals surface area contributed by atoms with Crippen molar-refractivity contribution in [3.63, 3.8) is 0 Å². The number of rotatable bonds is 13. The first-order chi connectivity index (χ1) is 25.9. The van der Waals surface area contributed by atoms with Crippen molar-refractivity contribution in [3.8, 4) is 6.07 Å². The molecule has 16 heteroatoms. The average molecular weight is 768 g/mol. The zero-order valence-electron chi connectivity index (χ0n) is 29.9. The van der Waals surface area contributed by atoms with Gasteiger partial charge < -0.3 is 28.6 Å². The molecule has 0 bridgehead atoms. The van der Waals surface area contributed by atoms with Crippen LogP contribution in [0.15, 0.2) is 78.9 Å². The van der Waals surface area contributed by atoms with Gasteiger partial charge in [0.25, 0.3) is 0 Å². The van der Waals surface area contributed by atoms with Crippen LogP contribution in [-0.2, 0) is 40.6 Å². The van der Waals surface area contributed by atoms with Crippen molar-refractivity contribution in [1.29, 1.82) is 5.26 Å². The Kier molecular flexibility index (Phi) is 14.1. The highest BCUT2D eigenvalue weighted by atomic mass is 32.2. The van der Waals surface area contributed by atoms with Gasteiger partial charge in [0.15, 0.2) is 11.9 Å². The van der Waals surface area contributed by atoms with E-state index in [1.54, 1.807) is 31.2 Å². The Balaban J connectivity index is 1.28. The lowest BCUT2D eigenvalue weighted by atomic mass is 9.89. The van der Waals surface area contributed by atoms with Gasteiger partial charge in [-0.15, -0.1) is 11.8 Å². The highest BCUT2D eigenvalue weighted by Crippen LogP contribution is 2.42. The van der Waals surface area contributed by atoms with E-state index in [4.69, 9.17) is 28.9 Å². The van der Waals surface area contributed by atoms with Crippen molar-refractivity contribution in [2.24, 2.45) is 0 Å². The summed E-state index contributed by atoms with van der Waals surface area (Å²) in [7, 11) is 2.00. The predicted molar refractivity (Wildman–Crippen MR) is 192 cm³/mol. The van der Waals surface area contributed by atoms with Crippen LogP contribution in [-0.4, -0.2) is 88.2 Å². The van der Waals surface area contributed by atoms with Gasteiger partial charge in [0.05, 0.1) is 36.6 Å². The van der Waals surface area contributed by atoms with Gasteiger partial charge in [0.1, 0.15) is 30.1 Å². The minimum Gasteiger partial charge on any atom is -0.422 e. The summed E-state index contributed by atoms with van der Waals surface area (Å²) >= 11 is 1.28. The molecule has 2 aliphatic heterocycles. The van der Waals surface area contributed by atoms with Crippen LogP contribution in [0.1, 0.15) is 43.4 Å². The third-order valence-corrected chi connectivity index (χ3v) is 10.2. The van der Waals surface area contributed by atoms with Crippen LogP contribution in [0.4, 0.5) is 18.0 Å². The molecular formula is C38H40F3N5O7S. The van der Waals surface area contributed by atoms with Gasteiger partial charge in [0.2, 0.25) is 6.29 Å². The molecule has 0 amide bonds. The van der Waals surface area contributed by atoms with Gasteiger partial charge in [-0.3, -0.25) is 0 Å². The van der Waals surface area contributed by atoms with E-state index in [0.717, 1.165) is 30.8 Å². The van der Waals surface area contributed by atoms with Crippen molar-refractivity contribution in [3.05, 3.63) is 113 Å². The normalized spacial score (nSPS) is 20.2. The maximum Gasteiger partial charge on any atom is 0.512 e. The molecule has 3 heterocycles. The Bertz CT molecular complexity index is 1890. The first kappa shape index (κ1) is 40.2. The monoisotopic (exact) mass is 767 g/mol. The van der Waals surface area contributed by atoms with E-state index < -0.39 is 53.0 Å². The summed E-state index contributed by atoms with van der Waals surface area (Å²) < 4.78 is 73.8. The Hall–Kier alpha value is -4.95. The smallest absolute Gasteiger partial charge is 0.422 e. The first-order valence-corrected chi connectivity index (χ1v) is 18.1. The number of ether oxygens (including phenoxy) is 5. The maximum atomic E-state index is 15.7. The van der Waals surface area contributed by atoms with Gasteiger partial charge in [-0.1, -0.05) is 29.9 Å². The second-order valence-corrected chi connectivity index (χ2v) is 14.4. The number of carbonyl (C=O) groups is 2. The summed E-state index contributed by atoms with van der Waals surface area (Å²) in [6.07, 6.45) is 8.52. The molecule has 286 valence electrons. The van der Waals surface area contributed by atoms with Crippen LogP contribution in [0.25, 0.3) is 6.08 Å². The molecule has 1 aromatic heterocycles. The summed E-state index contributed by atoms with van der Waals surface area (Å²) in [5.74, 6) is -3.02. The minimum absolute atomic E-state index is 0.156. The number of hydrogen-bond donors (Lipinski definition) is 0. The standard InChI is InChI=1S/C38H40F3N5O7S/c1-25(54-31-20-49-36(50-21-31)7-5-4-6-29-9-8-28(19-42)16-33(29)40)38(22-46-24-43-23-44-46,32-11-10-30(39)18-34(32)41)53-37(48)52-26(2)51-35(47)17-27-12-14-45(3)15-13-27/h4-11,16-18,23-26,31,36H,12-15,20-22H2,1-3H3. The van der Waals surface area contributed by atoms with E-state index in [9.17, 15) is 18.4 Å². The van der Waals surface area contributed by atoms with Crippen molar-refractivity contribution < 1.29 is 46.4 Å². The van der Waals surface area contributed by atoms with E-state index in [1.807, 2.05) is 13.1 Å². The number of esters is 1. The third-order valence-electron chi connectivity index (χ3n) is 8.74. The first-order valence-electron chi connectivity index (χ1n) is 17.1. The van der Waals surface area contributed by atoms with E-state index >= 15 is 4.39 Å². The summed E-state index contributed by atoms with van der Waals surface area (Å²) in [6, 6.07) is 8.99. The molecule has 0 spiro atoms. The minimum atomic E-state index is -1.87. The molecule has 0 saturated carbocycles. The fraction of sp³-hybridized carbons (Fsp3) is 0.395. The van der Waals surface area contributed by atoms with E-state index in [-0.39, 0.29) is 36.1 Å². The van der Waals surface area contributed by atoms with E-state index in [1.165, 1.54) is 60.3 Å². The molecule has 2 saturated heterocycles. The fourth-order valence-corrected chi connectivity index (χ4v) is 7.23. The number of piperidine rings is 1. The summed E-state index contributed by atoms with van der Waals surface area (Å²) in [5, 5.41) is 12.0.